The van der Waals surface area contributed by atoms with Crippen molar-refractivity contribution in [3.8, 4) is 12.3 Å². The summed E-state index contributed by atoms with van der Waals surface area (Å²) >= 11 is 0. The number of hydrogen-bond donors (Lipinski definition) is 1. The lowest BCUT2D eigenvalue weighted by Gasteiger charge is -2.21. The van der Waals surface area contributed by atoms with E-state index in [4.69, 9.17) is 6.42 Å². The van der Waals surface area contributed by atoms with E-state index in [0.717, 1.165) is 6.54 Å². The van der Waals surface area contributed by atoms with Crippen molar-refractivity contribution in [1.29, 1.82) is 0 Å². The average Bonchev–Trinajstić information content (AvgIpc) is 2.03. The van der Waals surface area contributed by atoms with Crippen LogP contribution in [0.25, 0.3) is 0 Å². The molecule has 0 aromatic carbocycles. The van der Waals surface area contributed by atoms with E-state index in [1.165, 1.54) is 32.1 Å². The molecule has 0 bridgehead atoms. The van der Waals surface area contributed by atoms with Gasteiger partial charge < -0.3 is 5.32 Å². The van der Waals surface area contributed by atoms with E-state index in [2.05, 4.69) is 11.2 Å². The normalized spacial score (nSPS) is 20.3. The fraction of sp³-hybridized carbons (Fsp3) is 0.778. The summed E-state index contributed by atoms with van der Waals surface area (Å²) in [5.74, 6) is 2.60. The molecule has 0 aliphatic heterocycles. The van der Waals surface area contributed by atoms with Crippen LogP contribution in [0, 0.1) is 12.3 Å². The van der Waals surface area contributed by atoms with Crippen LogP contribution in [0.2, 0.25) is 0 Å². The zero-order valence-electron chi connectivity index (χ0n) is 6.40. The van der Waals surface area contributed by atoms with E-state index < -0.39 is 0 Å². The van der Waals surface area contributed by atoms with Gasteiger partial charge in [-0.2, -0.15) is 0 Å². The molecular formula is C9H15N. The minimum Gasteiger partial charge on any atom is -0.303 e. The molecule has 0 atom stereocenters. The molecule has 1 N–H and O–H groups in total. The highest BCUT2D eigenvalue weighted by atomic mass is 14.9. The molecule has 1 nitrogen and oxygen atoms in total. The van der Waals surface area contributed by atoms with E-state index in [0.29, 0.717) is 6.04 Å². The van der Waals surface area contributed by atoms with Crippen molar-refractivity contribution >= 4 is 0 Å². The molecule has 1 saturated carbocycles. The first kappa shape index (κ1) is 7.63. The predicted molar refractivity (Wildman–Crippen MR) is 43.7 cm³/mol. The molecule has 0 spiro atoms. The Hall–Kier alpha value is -0.480. The van der Waals surface area contributed by atoms with Crippen LogP contribution in [0.3, 0.4) is 0 Å². The summed E-state index contributed by atoms with van der Waals surface area (Å²) in [5, 5.41) is 3.34. The fourth-order valence-corrected chi connectivity index (χ4v) is 1.51. The molecule has 1 aliphatic carbocycles. The van der Waals surface area contributed by atoms with Crippen LogP contribution in [0.1, 0.15) is 32.1 Å². The number of nitrogens with one attached hydrogen (secondary N) is 1. The minimum atomic E-state index is 0.713. The maximum Gasteiger partial charge on any atom is 0.0575 e. The van der Waals surface area contributed by atoms with Crippen molar-refractivity contribution in [3.63, 3.8) is 0 Å². The third-order valence-corrected chi connectivity index (χ3v) is 2.10. The van der Waals surface area contributed by atoms with E-state index >= 15 is 0 Å². The van der Waals surface area contributed by atoms with Gasteiger partial charge in [0, 0.05) is 6.04 Å². The van der Waals surface area contributed by atoms with Crippen LogP contribution in [-0.4, -0.2) is 12.6 Å². The van der Waals surface area contributed by atoms with Crippen LogP contribution in [0.5, 0.6) is 0 Å². The van der Waals surface area contributed by atoms with E-state index in [9.17, 15) is 0 Å². The highest BCUT2D eigenvalue weighted by Crippen LogP contribution is 2.16. The zero-order chi connectivity index (χ0) is 7.23. The molecule has 1 rings (SSSR count). The van der Waals surface area contributed by atoms with Gasteiger partial charge in [-0.1, -0.05) is 25.2 Å². The molecule has 0 aromatic rings. The Morgan fingerprint density at radius 3 is 2.60 bits per heavy atom. The smallest absolute Gasteiger partial charge is 0.0575 e. The first-order valence-electron chi connectivity index (χ1n) is 4.10. The maximum absolute atomic E-state index is 5.13. The topological polar surface area (TPSA) is 12.0 Å². The van der Waals surface area contributed by atoms with Gasteiger partial charge in [-0.05, 0) is 12.8 Å². The van der Waals surface area contributed by atoms with Crippen molar-refractivity contribution in [2.75, 3.05) is 6.54 Å². The van der Waals surface area contributed by atoms with Crippen LogP contribution in [-0.2, 0) is 0 Å². The molecular weight excluding hydrogens is 122 g/mol. The highest BCUT2D eigenvalue weighted by molar-refractivity contribution is 4.88. The summed E-state index contributed by atoms with van der Waals surface area (Å²) < 4.78 is 0. The Morgan fingerprint density at radius 1 is 1.30 bits per heavy atom. The first-order chi connectivity index (χ1) is 4.93. The SMILES string of the molecule is C#CCNC1CCCCC1. The monoisotopic (exact) mass is 137 g/mol. The van der Waals surface area contributed by atoms with Crippen molar-refractivity contribution in [2.24, 2.45) is 0 Å². The van der Waals surface area contributed by atoms with Crippen molar-refractivity contribution in [1.82, 2.24) is 5.32 Å². The Balaban J connectivity index is 2.09. The van der Waals surface area contributed by atoms with Gasteiger partial charge in [0.25, 0.3) is 0 Å². The van der Waals surface area contributed by atoms with Gasteiger partial charge in [0.15, 0.2) is 0 Å². The number of hydrogen-bond acceptors (Lipinski definition) is 1. The molecule has 0 heterocycles. The van der Waals surface area contributed by atoms with Crippen LogP contribution < -0.4 is 5.32 Å². The van der Waals surface area contributed by atoms with E-state index in [1.54, 1.807) is 0 Å². The fourth-order valence-electron chi connectivity index (χ4n) is 1.51. The quantitative estimate of drug-likeness (QED) is 0.569. The number of rotatable bonds is 2. The molecule has 0 saturated heterocycles. The predicted octanol–water partition coefficient (Wildman–Crippen LogP) is 1.54. The van der Waals surface area contributed by atoms with Gasteiger partial charge in [0.2, 0.25) is 0 Å². The molecule has 1 aliphatic rings. The summed E-state index contributed by atoms with van der Waals surface area (Å²) in [7, 11) is 0. The second-order valence-electron chi connectivity index (χ2n) is 2.92. The Labute approximate surface area is 63.2 Å². The van der Waals surface area contributed by atoms with Crippen molar-refractivity contribution in [2.45, 2.75) is 38.1 Å². The Kier molecular flexibility index (Phi) is 3.32. The van der Waals surface area contributed by atoms with Gasteiger partial charge in [-0.3, -0.25) is 0 Å². The molecule has 0 unspecified atom stereocenters. The second-order valence-corrected chi connectivity index (χ2v) is 2.92. The Bertz CT molecular complexity index is 117. The molecule has 0 amide bonds. The summed E-state index contributed by atoms with van der Waals surface area (Å²) in [6.07, 6.45) is 11.9. The molecule has 0 radical (unpaired) electrons. The first-order valence-corrected chi connectivity index (χ1v) is 4.10. The lowest BCUT2D eigenvalue weighted by atomic mass is 9.96. The standard InChI is InChI=1S/C9H15N/c1-2-8-10-9-6-4-3-5-7-9/h1,9-10H,3-8H2. The maximum atomic E-state index is 5.13. The Morgan fingerprint density at radius 2 is 2.00 bits per heavy atom. The largest absolute Gasteiger partial charge is 0.303 e. The van der Waals surface area contributed by atoms with Crippen LogP contribution >= 0.6 is 0 Å². The van der Waals surface area contributed by atoms with Crippen molar-refractivity contribution < 1.29 is 0 Å². The van der Waals surface area contributed by atoms with Gasteiger partial charge in [0.1, 0.15) is 0 Å². The second kappa shape index (κ2) is 4.35. The molecule has 0 aromatic heterocycles. The van der Waals surface area contributed by atoms with Crippen molar-refractivity contribution in [3.05, 3.63) is 0 Å². The molecule has 1 heteroatoms. The van der Waals surface area contributed by atoms with E-state index in [1.807, 2.05) is 0 Å². The summed E-state index contributed by atoms with van der Waals surface area (Å²) in [4.78, 5) is 0. The summed E-state index contributed by atoms with van der Waals surface area (Å²) in [6, 6.07) is 0.713. The minimum absolute atomic E-state index is 0.713. The number of terminal acetylenes is 1. The molecule has 1 fully saturated rings. The van der Waals surface area contributed by atoms with Crippen LogP contribution in [0.15, 0.2) is 0 Å². The molecule has 10 heavy (non-hydrogen) atoms. The average molecular weight is 137 g/mol. The highest BCUT2D eigenvalue weighted by Gasteiger charge is 2.10. The lowest BCUT2D eigenvalue weighted by molar-refractivity contribution is 0.386. The summed E-state index contributed by atoms with van der Waals surface area (Å²) in [5.41, 5.74) is 0. The lowest BCUT2D eigenvalue weighted by Crippen LogP contribution is -2.31. The third kappa shape index (κ3) is 2.41. The van der Waals surface area contributed by atoms with Gasteiger partial charge in [0.05, 0.1) is 6.54 Å². The van der Waals surface area contributed by atoms with Gasteiger partial charge in [-0.25, -0.2) is 0 Å². The third-order valence-electron chi connectivity index (χ3n) is 2.10. The van der Waals surface area contributed by atoms with Gasteiger partial charge >= 0.3 is 0 Å². The van der Waals surface area contributed by atoms with E-state index in [-0.39, 0.29) is 0 Å². The summed E-state index contributed by atoms with van der Waals surface area (Å²) in [6.45, 7) is 0.741. The van der Waals surface area contributed by atoms with Crippen LogP contribution in [0.4, 0.5) is 0 Å². The zero-order valence-corrected chi connectivity index (χ0v) is 6.40. The molecule has 56 valence electrons. The van der Waals surface area contributed by atoms with Gasteiger partial charge in [-0.15, -0.1) is 6.42 Å².